The van der Waals surface area contributed by atoms with Crippen molar-refractivity contribution in [3.63, 3.8) is 0 Å². The van der Waals surface area contributed by atoms with Gasteiger partial charge in [-0.25, -0.2) is 4.79 Å². The molecule has 4 nitrogen and oxygen atoms in total. The molecule has 0 radical (unpaired) electrons. The molecule has 112 valence electrons. The minimum atomic E-state index is -0.446. The van der Waals surface area contributed by atoms with Gasteiger partial charge in [-0.3, -0.25) is 4.79 Å². The predicted octanol–water partition coefficient (Wildman–Crippen LogP) is 3.49. The molecule has 0 unspecified atom stereocenters. The molecule has 0 aliphatic heterocycles. The van der Waals surface area contributed by atoms with E-state index in [1.807, 2.05) is 13.8 Å². The Bertz CT molecular complexity index is 283. The fourth-order valence-electron chi connectivity index (χ4n) is 2.59. The van der Waals surface area contributed by atoms with Gasteiger partial charge in [0.1, 0.15) is 0 Å². The molecule has 0 aromatic carbocycles. The second-order valence-corrected chi connectivity index (χ2v) is 5.45. The first-order valence-electron chi connectivity index (χ1n) is 7.25. The van der Waals surface area contributed by atoms with Crippen molar-refractivity contribution in [2.75, 3.05) is 14.2 Å². The third-order valence-corrected chi connectivity index (χ3v) is 3.48. The monoisotopic (exact) mass is 271 g/mol. The standard InChI is InChI=1S/C15H29NO3/c1-7-9-12(10-8-2)14(17)13(11(3)4)16(5)15(18)19-6/h11-13H,7-10H2,1-6H3/t13-/m0/s1. The molecule has 1 amide bonds. The van der Waals surface area contributed by atoms with Crippen molar-refractivity contribution < 1.29 is 14.3 Å². The highest BCUT2D eigenvalue weighted by molar-refractivity contribution is 5.89. The number of carbonyl (C=O) groups is 2. The summed E-state index contributed by atoms with van der Waals surface area (Å²) in [6, 6.07) is -0.393. The van der Waals surface area contributed by atoms with Crippen LogP contribution < -0.4 is 0 Å². The van der Waals surface area contributed by atoms with Crippen LogP contribution in [0.4, 0.5) is 4.79 Å². The summed E-state index contributed by atoms with van der Waals surface area (Å²) >= 11 is 0. The lowest BCUT2D eigenvalue weighted by molar-refractivity contribution is -0.129. The topological polar surface area (TPSA) is 46.6 Å². The van der Waals surface area contributed by atoms with Crippen molar-refractivity contribution in [1.82, 2.24) is 4.90 Å². The normalized spacial score (nSPS) is 12.6. The number of methoxy groups -OCH3 is 1. The fourth-order valence-corrected chi connectivity index (χ4v) is 2.59. The van der Waals surface area contributed by atoms with E-state index in [0.29, 0.717) is 0 Å². The Balaban J connectivity index is 5.04. The lowest BCUT2D eigenvalue weighted by Crippen LogP contribution is -2.48. The van der Waals surface area contributed by atoms with Crippen LogP contribution in [-0.2, 0) is 9.53 Å². The van der Waals surface area contributed by atoms with E-state index in [9.17, 15) is 9.59 Å². The zero-order valence-corrected chi connectivity index (χ0v) is 13.2. The van der Waals surface area contributed by atoms with Gasteiger partial charge in [0, 0.05) is 13.0 Å². The molecule has 0 aromatic rings. The maximum Gasteiger partial charge on any atom is 0.409 e. The Kier molecular flexibility index (Phi) is 8.44. The molecule has 0 heterocycles. The van der Waals surface area contributed by atoms with Gasteiger partial charge in [0.2, 0.25) is 0 Å². The summed E-state index contributed by atoms with van der Waals surface area (Å²) in [6.45, 7) is 8.11. The average molecular weight is 271 g/mol. The molecular weight excluding hydrogens is 242 g/mol. The Morgan fingerprint density at radius 2 is 1.58 bits per heavy atom. The highest BCUT2D eigenvalue weighted by atomic mass is 16.5. The van der Waals surface area contributed by atoms with Gasteiger partial charge >= 0.3 is 6.09 Å². The Hall–Kier alpha value is -1.06. The van der Waals surface area contributed by atoms with Gasteiger partial charge < -0.3 is 9.64 Å². The molecule has 0 spiro atoms. The van der Waals surface area contributed by atoms with Crippen LogP contribution in [0.3, 0.4) is 0 Å². The van der Waals surface area contributed by atoms with E-state index in [1.54, 1.807) is 7.05 Å². The van der Waals surface area contributed by atoms with Crippen LogP contribution in [0.25, 0.3) is 0 Å². The largest absolute Gasteiger partial charge is 0.453 e. The highest BCUT2D eigenvalue weighted by Gasteiger charge is 2.33. The molecular formula is C15H29NO3. The van der Waals surface area contributed by atoms with Crippen LogP contribution in [0.1, 0.15) is 53.4 Å². The molecule has 0 aliphatic rings. The zero-order valence-electron chi connectivity index (χ0n) is 13.2. The van der Waals surface area contributed by atoms with Crippen LogP contribution in [0, 0.1) is 11.8 Å². The third-order valence-electron chi connectivity index (χ3n) is 3.48. The third kappa shape index (κ3) is 5.21. The lowest BCUT2D eigenvalue weighted by atomic mass is 9.85. The van der Waals surface area contributed by atoms with E-state index in [2.05, 4.69) is 13.8 Å². The predicted molar refractivity (Wildman–Crippen MR) is 77.1 cm³/mol. The van der Waals surface area contributed by atoms with Crippen LogP contribution >= 0.6 is 0 Å². The molecule has 0 fully saturated rings. The van der Waals surface area contributed by atoms with Gasteiger partial charge in [-0.1, -0.05) is 40.5 Å². The number of amides is 1. The smallest absolute Gasteiger partial charge is 0.409 e. The van der Waals surface area contributed by atoms with Crippen LogP contribution in [0.15, 0.2) is 0 Å². The van der Waals surface area contributed by atoms with E-state index < -0.39 is 12.1 Å². The number of ketones is 1. The summed E-state index contributed by atoms with van der Waals surface area (Å²) < 4.78 is 4.73. The molecule has 0 rings (SSSR count). The van der Waals surface area contributed by atoms with Gasteiger partial charge in [-0.15, -0.1) is 0 Å². The molecule has 19 heavy (non-hydrogen) atoms. The van der Waals surface area contributed by atoms with Crippen molar-refractivity contribution in [1.29, 1.82) is 0 Å². The minimum Gasteiger partial charge on any atom is -0.453 e. The maximum absolute atomic E-state index is 12.7. The highest BCUT2D eigenvalue weighted by Crippen LogP contribution is 2.22. The number of ether oxygens (including phenoxy) is 1. The van der Waals surface area contributed by atoms with Gasteiger partial charge in [0.15, 0.2) is 5.78 Å². The van der Waals surface area contributed by atoms with Crippen molar-refractivity contribution in [3.8, 4) is 0 Å². The molecule has 0 aliphatic carbocycles. The number of rotatable bonds is 8. The summed E-state index contributed by atoms with van der Waals surface area (Å²) in [5.74, 6) is 0.314. The summed E-state index contributed by atoms with van der Waals surface area (Å²) in [4.78, 5) is 25.8. The van der Waals surface area contributed by atoms with E-state index in [-0.39, 0.29) is 17.6 Å². The Morgan fingerprint density at radius 1 is 1.11 bits per heavy atom. The number of hydrogen-bond acceptors (Lipinski definition) is 3. The summed E-state index contributed by atoms with van der Waals surface area (Å²) in [6.07, 6.45) is 3.32. The molecule has 1 atom stereocenters. The second-order valence-electron chi connectivity index (χ2n) is 5.45. The average Bonchev–Trinajstić information content (AvgIpc) is 2.36. The van der Waals surface area contributed by atoms with Crippen molar-refractivity contribution >= 4 is 11.9 Å². The number of likely N-dealkylation sites (N-methyl/N-ethyl adjacent to an activating group) is 1. The lowest BCUT2D eigenvalue weighted by Gasteiger charge is -2.31. The Morgan fingerprint density at radius 3 is 1.89 bits per heavy atom. The molecule has 0 aromatic heterocycles. The first-order valence-corrected chi connectivity index (χ1v) is 7.25. The maximum atomic E-state index is 12.7. The van der Waals surface area contributed by atoms with Crippen molar-refractivity contribution in [2.24, 2.45) is 11.8 Å². The number of Topliss-reactive ketones (excluding diaryl/α,β-unsaturated/α-hetero) is 1. The van der Waals surface area contributed by atoms with Crippen LogP contribution in [0.5, 0.6) is 0 Å². The van der Waals surface area contributed by atoms with Crippen LogP contribution in [0.2, 0.25) is 0 Å². The van der Waals surface area contributed by atoms with Gasteiger partial charge in [0.25, 0.3) is 0 Å². The summed E-state index contributed by atoms with van der Waals surface area (Å²) in [5.41, 5.74) is 0. The fraction of sp³-hybridized carbons (Fsp3) is 0.867. The summed E-state index contributed by atoms with van der Waals surface area (Å²) in [5, 5.41) is 0. The SMILES string of the molecule is CCCC(CCC)C(=O)[C@H](C(C)C)N(C)C(=O)OC. The molecule has 0 bridgehead atoms. The number of carbonyl (C=O) groups excluding carboxylic acids is 2. The van der Waals surface area contributed by atoms with Gasteiger partial charge in [-0.2, -0.15) is 0 Å². The number of hydrogen-bond donors (Lipinski definition) is 0. The second kappa shape index (κ2) is 8.94. The van der Waals surface area contributed by atoms with Gasteiger partial charge in [-0.05, 0) is 18.8 Å². The van der Waals surface area contributed by atoms with Crippen molar-refractivity contribution in [3.05, 3.63) is 0 Å². The quantitative estimate of drug-likeness (QED) is 0.679. The van der Waals surface area contributed by atoms with E-state index in [0.717, 1.165) is 25.7 Å². The van der Waals surface area contributed by atoms with E-state index in [4.69, 9.17) is 4.74 Å². The van der Waals surface area contributed by atoms with E-state index in [1.165, 1.54) is 12.0 Å². The van der Waals surface area contributed by atoms with E-state index >= 15 is 0 Å². The Labute approximate surface area is 117 Å². The molecule has 0 N–H and O–H groups in total. The van der Waals surface area contributed by atoms with Crippen LogP contribution in [-0.4, -0.2) is 37.0 Å². The minimum absolute atomic E-state index is 0.0505. The summed E-state index contributed by atoms with van der Waals surface area (Å²) in [7, 11) is 2.99. The zero-order chi connectivity index (χ0) is 15.0. The molecule has 0 saturated carbocycles. The number of nitrogens with zero attached hydrogens (tertiary/aromatic N) is 1. The van der Waals surface area contributed by atoms with Gasteiger partial charge in [0.05, 0.1) is 13.2 Å². The molecule has 0 saturated heterocycles. The molecule has 4 heteroatoms. The first kappa shape index (κ1) is 17.9. The first-order chi connectivity index (χ1) is 8.90. The van der Waals surface area contributed by atoms with Crippen molar-refractivity contribution in [2.45, 2.75) is 59.4 Å².